The Morgan fingerprint density at radius 2 is 1.59 bits per heavy atom. The minimum atomic E-state index is 0.466. The van der Waals surface area contributed by atoms with E-state index in [9.17, 15) is 0 Å². The number of rotatable bonds is 3. The molecule has 0 atom stereocenters. The molecule has 0 aliphatic heterocycles. The van der Waals surface area contributed by atoms with Gasteiger partial charge in [-0.1, -0.05) is 50.2 Å². The van der Waals surface area contributed by atoms with E-state index in [0.717, 1.165) is 5.75 Å². The van der Waals surface area contributed by atoms with Gasteiger partial charge < -0.3 is 4.74 Å². The lowest BCUT2D eigenvalue weighted by Gasteiger charge is -2.13. The van der Waals surface area contributed by atoms with Crippen molar-refractivity contribution in [1.82, 2.24) is 0 Å². The number of benzene rings is 2. The smallest absolute Gasteiger partial charge is 0.122 e. The summed E-state index contributed by atoms with van der Waals surface area (Å²) in [7, 11) is 1.73. The average molecular weight is 226 g/mol. The molecule has 17 heavy (non-hydrogen) atoms. The Kier molecular flexibility index (Phi) is 3.48. The van der Waals surface area contributed by atoms with Crippen LogP contribution >= 0.6 is 0 Å². The summed E-state index contributed by atoms with van der Waals surface area (Å²) >= 11 is 0. The lowest BCUT2D eigenvalue weighted by molar-refractivity contribution is 0.407. The first kappa shape index (κ1) is 11.7. The summed E-state index contributed by atoms with van der Waals surface area (Å²) in [6.07, 6.45) is 0. The predicted molar refractivity (Wildman–Crippen MR) is 72.5 cm³/mol. The second-order valence-electron chi connectivity index (χ2n) is 4.48. The number of hydrogen-bond donors (Lipinski definition) is 0. The highest BCUT2D eigenvalue weighted by Gasteiger charge is 2.08. The molecule has 0 aliphatic carbocycles. The molecule has 0 unspecified atom stereocenters. The van der Waals surface area contributed by atoms with E-state index in [-0.39, 0.29) is 0 Å². The molecule has 1 nitrogen and oxygen atoms in total. The molecular weight excluding hydrogens is 208 g/mol. The fourth-order valence-electron chi connectivity index (χ4n) is 2.00. The molecule has 0 heterocycles. The summed E-state index contributed by atoms with van der Waals surface area (Å²) in [5.41, 5.74) is 3.75. The van der Waals surface area contributed by atoms with E-state index < -0.39 is 0 Å². The SMILES string of the molecule is COc1ccc(-c2ccccc2)cc1C(C)C. The standard InChI is InChI=1S/C16H18O/c1-12(2)15-11-14(9-10-16(15)17-3)13-7-5-4-6-8-13/h4-12H,1-3H3. The van der Waals surface area contributed by atoms with Gasteiger partial charge in [0.1, 0.15) is 5.75 Å². The van der Waals surface area contributed by atoms with Crippen molar-refractivity contribution in [3.05, 3.63) is 54.1 Å². The molecule has 2 aromatic rings. The van der Waals surface area contributed by atoms with Crippen LogP contribution in [-0.4, -0.2) is 7.11 Å². The fourth-order valence-corrected chi connectivity index (χ4v) is 2.00. The Morgan fingerprint density at radius 1 is 0.882 bits per heavy atom. The maximum atomic E-state index is 5.40. The van der Waals surface area contributed by atoms with Crippen LogP contribution in [0.4, 0.5) is 0 Å². The molecule has 0 saturated heterocycles. The largest absolute Gasteiger partial charge is 0.496 e. The van der Waals surface area contributed by atoms with Crippen molar-refractivity contribution in [2.45, 2.75) is 19.8 Å². The van der Waals surface area contributed by atoms with Gasteiger partial charge in [-0.25, -0.2) is 0 Å². The zero-order valence-corrected chi connectivity index (χ0v) is 10.6. The summed E-state index contributed by atoms with van der Waals surface area (Å²) < 4.78 is 5.40. The molecule has 2 aromatic carbocycles. The Hall–Kier alpha value is -1.76. The van der Waals surface area contributed by atoms with Gasteiger partial charge in [0.05, 0.1) is 7.11 Å². The topological polar surface area (TPSA) is 9.23 Å². The second-order valence-corrected chi connectivity index (χ2v) is 4.48. The van der Waals surface area contributed by atoms with Crippen molar-refractivity contribution >= 4 is 0 Å². The van der Waals surface area contributed by atoms with Crippen LogP contribution < -0.4 is 4.74 Å². The van der Waals surface area contributed by atoms with Crippen molar-refractivity contribution < 1.29 is 4.74 Å². The van der Waals surface area contributed by atoms with E-state index >= 15 is 0 Å². The Morgan fingerprint density at radius 3 is 2.18 bits per heavy atom. The minimum absolute atomic E-state index is 0.466. The summed E-state index contributed by atoms with van der Waals surface area (Å²) in [5, 5.41) is 0. The van der Waals surface area contributed by atoms with E-state index in [1.807, 2.05) is 6.07 Å². The van der Waals surface area contributed by atoms with Gasteiger partial charge in [-0.2, -0.15) is 0 Å². The second kappa shape index (κ2) is 5.05. The maximum absolute atomic E-state index is 5.40. The van der Waals surface area contributed by atoms with E-state index in [4.69, 9.17) is 4.74 Å². The van der Waals surface area contributed by atoms with Gasteiger partial charge >= 0.3 is 0 Å². The number of ether oxygens (including phenoxy) is 1. The summed E-state index contributed by atoms with van der Waals surface area (Å²) in [6, 6.07) is 16.8. The normalized spacial score (nSPS) is 10.6. The monoisotopic (exact) mass is 226 g/mol. The molecule has 0 saturated carbocycles. The van der Waals surface area contributed by atoms with Crippen LogP contribution in [0.15, 0.2) is 48.5 Å². The molecule has 0 aromatic heterocycles. The van der Waals surface area contributed by atoms with Gasteiger partial charge in [0.15, 0.2) is 0 Å². The van der Waals surface area contributed by atoms with Crippen molar-refractivity contribution in [3.63, 3.8) is 0 Å². The number of methoxy groups -OCH3 is 1. The Balaban J connectivity index is 2.48. The minimum Gasteiger partial charge on any atom is -0.496 e. The zero-order chi connectivity index (χ0) is 12.3. The van der Waals surface area contributed by atoms with Crippen molar-refractivity contribution in [3.8, 4) is 16.9 Å². The van der Waals surface area contributed by atoms with Gasteiger partial charge in [0, 0.05) is 0 Å². The van der Waals surface area contributed by atoms with Gasteiger partial charge in [-0.05, 0) is 34.7 Å². The molecule has 0 N–H and O–H groups in total. The molecule has 2 rings (SSSR count). The molecule has 88 valence electrons. The van der Waals surface area contributed by atoms with Crippen LogP contribution in [0.25, 0.3) is 11.1 Å². The van der Waals surface area contributed by atoms with Gasteiger partial charge in [-0.15, -0.1) is 0 Å². The zero-order valence-electron chi connectivity index (χ0n) is 10.6. The average Bonchev–Trinajstić information content (AvgIpc) is 2.39. The van der Waals surface area contributed by atoms with Crippen LogP contribution in [0.3, 0.4) is 0 Å². The van der Waals surface area contributed by atoms with E-state index in [2.05, 4.69) is 56.3 Å². The first-order chi connectivity index (χ1) is 8.22. The highest BCUT2D eigenvalue weighted by atomic mass is 16.5. The molecule has 0 radical (unpaired) electrons. The quantitative estimate of drug-likeness (QED) is 0.749. The first-order valence-corrected chi connectivity index (χ1v) is 5.95. The van der Waals surface area contributed by atoms with E-state index in [0.29, 0.717) is 5.92 Å². The van der Waals surface area contributed by atoms with Gasteiger partial charge in [0.2, 0.25) is 0 Å². The van der Waals surface area contributed by atoms with Crippen molar-refractivity contribution in [2.75, 3.05) is 7.11 Å². The van der Waals surface area contributed by atoms with Crippen LogP contribution in [0.1, 0.15) is 25.3 Å². The Bertz CT molecular complexity index is 486. The van der Waals surface area contributed by atoms with Crippen LogP contribution in [-0.2, 0) is 0 Å². The highest BCUT2D eigenvalue weighted by molar-refractivity contribution is 5.65. The van der Waals surface area contributed by atoms with Crippen LogP contribution in [0.5, 0.6) is 5.75 Å². The third kappa shape index (κ3) is 2.50. The van der Waals surface area contributed by atoms with Gasteiger partial charge in [0.25, 0.3) is 0 Å². The molecular formula is C16H18O. The highest BCUT2D eigenvalue weighted by Crippen LogP contribution is 2.31. The molecule has 0 bridgehead atoms. The summed E-state index contributed by atoms with van der Waals surface area (Å²) in [4.78, 5) is 0. The molecule has 1 heteroatoms. The summed E-state index contributed by atoms with van der Waals surface area (Å²) in [6.45, 7) is 4.37. The number of hydrogen-bond acceptors (Lipinski definition) is 1. The maximum Gasteiger partial charge on any atom is 0.122 e. The van der Waals surface area contributed by atoms with Gasteiger partial charge in [-0.3, -0.25) is 0 Å². The molecule has 0 aliphatic rings. The Labute approximate surface area is 103 Å². The van der Waals surface area contributed by atoms with E-state index in [1.165, 1.54) is 16.7 Å². The van der Waals surface area contributed by atoms with Crippen LogP contribution in [0, 0.1) is 0 Å². The first-order valence-electron chi connectivity index (χ1n) is 5.95. The lowest BCUT2D eigenvalue weighted by atomic mass is 9.96. The molecule has 0 fully saturated rings. The predicted octanol–water partition coefficient (Wildman–Crippen LogP) is 4.49. The van der Waals surface area contributed by atoms with E-state index in [1.54, 1.807) is 7.11 Å². The lowest BCUT2D eigenvalue weighted by Crippen LogP contribution is -1.94. The third-order valence-corrected chi connectivity index (χ3v) is 2.96. The van der Waals surface area contributed by atoms with Crippen molar-refractivity contribution in [2.24, 2.45) is 0 Å². The molecule has 0 amide bonds. The third-order valence-electron chi connectivity index (χ3n) is 2.96. The summed E-state index contributed by atoms with van der Waals surface area (Å²) in [5.74, 6) is 1.44. The van der Waals surface area contributed by atoms with Crippen LogP contribution in [0.2, 0.25) is 0 Å². The fraction of sp³-hybridized carbons (Fsp3) is 0.250. The molecule has 0 spiro atoms. The van der Waals surface area contributed by atoms with Crippen molar-refractivity contribution in [1.29, 1.82) is 0 Å².